The Labute approximate surface area is 102 Å². The summed E-state index contributed by atoms with van der Waals surface area (Å²) in [6, 6.07) is 0. The lowest BCUT2D eigenvalue weighted by Gasteiger charge is -2.16. The van der Waals surface area contributed by atoms with Crippen LogP contribution in [0.25, 0.3) is 0 Å². The van der Waals surface area contributed by atoms with E-state index in [1.807, 2.05) is 6.92 Å². The normalized spacial score (nSPS) is 14.7. The van der Waals surface area contributed by atoms with Crippen LogP contribution in [-0.2, 0) is 4.79 Å². The van der Waals surface area contributed by atoms with Gasteiger partial charge in [0.15, 0.2) is 0 Å². The lowest BCUT2D eigenvalue weighted by Crippen LogP contribution is -2.33. The Balaban J connectivity index is 3.76. The van der Waals surface area contributed by atoms with E-state index in [0.29, 0.717) is 5.92 Å². The van der Waals surface area contributed by atoms with E-state index in [4.69, 9.17) is 0 Å². The van der Waals surface area contributed by atoms with E-state index in [9.17, 15) is 4.79 Å². The van der Waals surface area contributed by atoms with Crippen molar-refractivity contribution in [3.05, 3.63) is 0 Å². The summed E-state index contributed by atoms with van der Waals surface area (Å²) < 4.78 is 0. The molecule has 0 spiro atoms. The van der Waals surface area contributed by atoms with E-state index in [1.54, 1.807) is 0 Å². The molecular weight excluding hydrogens is 254 g/mol. The molecule has 3 heteroatoms. The van der Waals surface area contributed by atoms with Gasteiger partial charge in [0.2, 0.25) is 5.91 Å². The highest BCUT2D eigenvalue weighted by Gasteiger charge is 2.13. The fourth-order valence-corrected chi connectivity index (χ4v) is 2.24. The Morgan fingerprint density at radius 1 is 1.33 bits per heavy atom. The Kier molecular flexibility index (Phi) is 9.17. The molecule has 0 radical (unpaired) electrons. The number of hydrogen-bond donors (Lipinski definition) is 1. The Bertz CT molecular complexity index is 173. The number of carbonyl (C=O) groups is 1. The summed E-state index contributed by atoms with van der Waals surface area (Å²) >= 11 is 3.44. The van der Waals surface area contributed by atoms with Gasteiger partial charge in [0.25, 0.3) is 0 Å². The highest BCUT2D eigenvalue weighted by molar-refractivity contribution is 9.09. The van der Waals surface area contributed by atoms with Crippen molar-refractivity contribution in [2.45, 2.75) is 46.5 Å². The summed E-state index contributed by atoms with van der Waals surface area (Å²) in [6.45, 7) is 7.12. The highest BCUT2D eigenvalue weighted by atomic mass is 79.9. The van der Waals surface area contributed by atoms with Gasteiger partial charge in [0.1, 0.15) is 0 Å². The first kappa shape index (κ1) is 14.9. The van der Waals surface area contributed by atoms with Crippen molar-refractivity contribution in [1.29, 1.82) is 0 Å². The molecule has 2 atom stereocenters. The van der Waals surface area contributed by atoms with Crippen molar-refractivity contribution in [3.8, 4) is 0 Å². The number of rotatable bonds is 8. The van der Waals surface area contributed by atoms with Gasteiger partial charge in [-0.1, -0.05) is 49.5 Å². The molecule has 15 heavy (non-hydrogen) atoms. The molecule has 0 aromatic carbocycles. The molecule has 0 rings (SSSR count). The third-order valence-corrected chi connectivity index (χ3v) is 3.29. The number of nitrogens with one attached hydrogen (secondary N) is 1. The zero-order chi connectivity index (χ0) is 11.7. The molecule has 0 aromatic rings. The van der Waals surface area contributed by atoms with Gasteiger partial charge in [-0.2, -0.15) is 0 Å². The highest BCUT2D eigenvalue weighted by Crippen LogP contribution is 2.10. The quantitative estimate of drug-likeness (QED) is 0.678. The third kappa shape index (κ3) is 6.93. The zero-order valence-corrected chi connectivity index (χ0v) is 11.8. The number of alkyl halides is 1. The van der Waals surface area contributed by atoms with Crippen molar-refractivity contribution < 1.29 is 4.79 Å². The van der Waals surface area contributed by atoms with Crippen molar-refractivity contribution >= 4 is 21.8 Å². The molecule has 1 amide bonds. The fraction of sp³-hybridized carbons (Fsp3) is 0.917. The van der Waals surface area contributed by atoms with Crippen LogP contribution < -0.4 is 5.32 Å². The SMILES string of the molecule is CCCC(C)C(=O)NCC(CC)CCBr. The van der Waals surface area contributed by atoms with E-state index in [0.717, 1.165) is 37.6 Å². The van der Waals surface area contributed by atoms with Gasteiger partial charge in [-0.15, -0.1) is 0 Å². The first-order chi connectivity index (χ1) is 7.15. The van der Waals surface area contributed by atoms with Crippen LogP contribution in [-0.4, -0.2) is 17.8 Å². The van der Waals surface area contributed by atoms with Crippen LogP contribution in [0.15, 0.2) is 0 Å². The number of carbonyl (C=O) groups excluding carboxylic acids is 1. The summed E-state index contributed by atoms with van der Waals surface area (Å²) in [7, 11) is 0. The maximum Gasteiger partial charge on any atom is 0.222 e. The van der Waals surface area contributed by atoms with Crippen molar-refractivity contribution in [1.82, 2.24) is 5.32 Å². The first-order valence-electron chi connectivity index (χ1n) is 5.99. The third-order valence-electron chi connectivity index (χ3n) is 2.83. The van der Waals surface area contributed by atoms with E-state index < -0.39 is 0 Å². The molecule has 90 valence electrons. The van der Waals surface area contributed by atoms with Crippen LogP contribution in [0.5, 0.6) is 0 Å². The van der Waals surface area contributed by atoms with Crippen molar-refractivity contribution in [3.63, 3.8) is 0 Å². The smallest absolute Gasteiger partial charge is 0.222 e. The standard InChI is InChI=1S/C12H24BrNO/c1-4-6-10(3)12(15)14-9-11(5-2)7-8-13/h10-11H,4-9H2,1-3H3,(H,14,15). The molecule has 0 aromatic heterocycles. The molecule has 0 bridgehead atoms. The molecule has 0 saturated heterocycles. The number of amides is 1. The molecule has 0 aliphatic carbocycles. The molecule has 0 aliphatic heterocycles. The van der Waals surface area contributed by atoms with Gasteiger partial charge in [0, 0.05) is 17.8 Å². The summed E-state index contributed by atoms with van der Waals surface area (Å²) in [4.78, 5) is 11.6. The van der Waals surface area contributed by atoms with Crippen LogP contribution in [0.1, 0.15) is 46.5 Å². The lowest BCUT2D eigenvalue weighted by atomic mass is 10.0. The van der Waals surface area contributed by atoms with Gasteiger partial charge in [-0.3, -0.25) is 4.79 Å². The number of halogens is 1. The van der Waals surface area contributed by atoms with Crippen LogP contribution >= 0.6 is 15.9 Å². The molecule has 0 saturated carbocycles. The Morgan fingerprint density at radius 3 is 2.47 bits per heavy atom. The molecule has 1 N–H and O–H groups in total. The number of hydrogen-bond acceptors (Lipinski definition) is 1. The van der Waals surface area contributed by atoms with E-state index in [-0.39, 0.29) is 11.8 Å². The van der Waals surface area contributed by atoms with Crippen molar-refractivity contribution in [2.75, 3.05) is 11.9 Å². The van der Waals surface area contributed by atoms with Gasteiger partial charge < -0.3 is 5.32 Å². The fourth-order valence-electron chi connectivity index (χ4n) is 1.59. The maximum atomic E-state index is 11.6. The monoisotopic (exact) mass is 277 g/mol. The topological polar surface area (TPSA) is 29.1 Å². The predicted molar refractivity (Wildman–Crippen MR) is 69.3 cm³/mol. The van der Waals surface area contributed by atoms with Crippen LogP contribution in [0, 0.1) is 11.8 Å². The molecular formula is C12H24BrNO. The minimum absolute atomic E-state index is 0.163. The Hall–Kier alpha value is -0.0500. The summed E-state index contributed by atoms with van der Waals surface area (Å²) in [5.41, 5.74) is 0. The van der Waals surface area contributed by atoms with E-state index >= 15 is 0 Å². The zero-order valence-electron chi connectivity index (χ0n) is 10.2. The summed E-state index contributed by atoms with van der Waals surface area (Å²) in [5.74, 6) is 0.989. The van der Waals surface area contributed by atoms with E-state index in [1.165, 1.54) is 0 Å². The van der Waals surface area contributed by atoms with Gasteiger partial charge in [0.05, 0.1) is 0 Å². The Morgan fingerprint density at radius 2 is 2.00 bits per heavy atom. The second kappa shape index (κ2) is 9.20. The van der Waals surface area contributed by atoms with E-state index in [2.05, 4.69) is 35.1 Å². The maximum absolute atomic E-state index is 11.6. The molecule has 2 nitrogen and oxygen atoms in total. The molecule has 0 fully saturated rings. The largest absolute Gasteiger partial charge is 0.356 e. The lowest BCUT2D eigenvalue weighted by molar-refractivity contribution is -0.124. The molecule has 0 heterocycles. The first-order valence-corrected chi connectivity index (χ1v) is 7.11. The summed E-state index contributed by atoms with van der Waals surface area (Å²) in [5, 5.41) is 4.06. The average molecular weight is 278 g/mol. The van der Waals surface area contributed by atoms with Crippen LogP contribution in [0.3, 0.4) is 0 Å². The molecule has 2 unspecified atom stereocenters. The van der Waals surface area contributed by atoms with Gasteiger partial charge >= 0.3 is 0 Å². The summed E-state index contributed by atoms with van der Waals surface area (Å²) in [6.07, 6.45) is 4.33. The van der Waals surface area contributed by atoms with Crippen LogP contribution in [0.4, 0.5) is 0 Å². The second-order valence-corrected chi connectivity index (χ2v) is 4.98. The van der Waals surface area contributed by atoms with Gasteiger partial charge in [-0.05, 0) is 18.8 Å². The van der Waals surface area contributed by atoms with Crippen molar-refractivity contribution in [2.24, 2.45) is 11.8 Å². The predicted octanol–water partition coefficient (Wildman–Crippen LogP) is 3.35. The average Bonchev–Trinajstić information content (AvgIpc) is 2.24. The minimum atomic E-state index is 0.163. The molecule has 0 aliphatic rings. The minimum Gasteiger partial charge on any atom is -0.356 e. The van der Waals surface area contributed by atoms with Crippen LogP contribution in [0.2, 0.25) is 0 Å². The second-order valence-electron chi connectivity index (χ2n) is 4.19. The van der Waals surface area contributed by atoms with Gasteiger partial charge in [-0.25, -0.2) is 0 Å².